The van der Waals surface area contributed by atoms with Gasteiger partial charge in [0.2, 0.25) is 0 Å². The Hall–Kier alpha value is -0.455. The number of hydrogen-bond acceptors (Lipinski definition) is 2. The molecule has 2 radical (unpaired) electrons. The van der Waals surface area contributed by atoms with Crippen molar-refractivity contribution < 1.29 is 9.39 Å². The molecular weight excluding hydrogens is 163 g/mol. The summed E-state index contributed by atoms with van der Waals surface area (Å²) in [5, 5.41) is 0. The summed E-state index contributed by atoms with van der Waals surface area (Å²) in [4.78, 5) is 0. The molecule has 2 rings (SSSR count). The molecule has 1 aliphatic heterocycles. The van der Waals surface area contributed by atoms with Gasteiger partial charge in [0.25, 0.3) is 8.05 Å². The average molecular weight is 176 g/mol. The molecule has 2 unspecified atom stereocenters. The summed E-state index contributed by atoms with van der Waals surface area (Å²) in [5.74, 6) is 2.15. The van der Waals surface area contributed by atoms with E-state index in [1.165, 1.54) is 0 Å². The Bertz CT molecular complexity index is 234. The minimum Gasteiger partial charge on any atom is -0.422 e. The van der Waals surface area contributed by atoms with E-state index in [1.807, 2.05) is 0 Å². The van der Waals surface area contributed by atoms with Gasteiger partial charge in [0, 0.05) is 18.3 Å². The zero-order valence-electron chi connectivity index (χ0n) is 7.71. The van der Waals surface area contributed by atoms with Crippen LogP contribution in [-0.2, 0) is 9.39 Å². The predicted molar refractivity (Wildman–Crippen MR) is 49.9 cm³/mol. The lowest BCUT2D eigenvalue weighted by atomic mass is 9.77. The molecule has 13 heavy (non-hydrogen) atoms. The highest BCUT2D eigenvalue weighted by molar-refractivity contribution is 5.98. The first-order valence-electron chi connectivity index (χ1n) is 4.74. The molecule has 1 saturated heterocycles. The molecule has 1 saturated carbocycles. The van der Waals surface area contributed by atoms with Gasteiger partial charge < -0.3 is 9.39 Å². The second-order valence-electron chi connectivity index (χ2n) is 3.98. The SMILES string of the molecule is [B]OC12CCCC1(CC#C)CCO2. The van der Waals surface area contributed by atoms with Gasteiger partial charge in [-0.3, -0.25) is 0 Å². The minimum absolute atomic E-state index is 0.00347. The van der Waals surface area contributed by atoms with Crippen molar-refractivity contribution in [3.8, 4) is 12.3 Å². The average Bonchev–Trinajstić information content (AvgIpc) is 2.59. The van der Waals surface area contributed by atoms with E-state index >= 15 is 0 Å². The van der Waals surface area contributed by atoms with Gasteiger partial charge in [0.05, 0.1) is 6.61 Å². The maximum absolute atomic E-state index is 5.63. The number of rotatable bonds is 2. The fourth-order valence-electron chi connectivity index (χ4n) is 2.79. The standard InChI is InChI=1S/C10H13BO2/c1-2-4-9-5-3-6-10(9,13-11)12-8-7-9/h1H,3-8H2. The first-order chi connectivity index (χ1) is 6.29. The van der Waals surface area contributed by atoms with Crippen LogP contribution in [0.1, 0.15) is 32.1 Å². The van der Waals surface area contributed by atoms with E-state index in [2.05, 4.69) is 5.92 Å². The molecule has 0 N–H and O–H groups in total. The highest BCUT2D eigenvalue weighted by Gasteiger charge is 2.58. The van der Waals surface area contributed by atoms with E-state index in [-0.39, 0.29) is 5.41 Å². The van der Waals surface area contributed by atoms with Gasteiger partial charge in [0.1, 0.15) is 0 Å². The van der Waals surface area contributed by atoms with Gasteiger partial charge in [-0.1, -0.05) is 0 Å². The molecule has 0 bridgehead atoms. The Morgan fingerprint density at radius 3 is 3.00 bits per heavy atom. The molecule has 0 amide bonds. The third kappa shape index (κ3) is 1.06. The van der Waals surface area contributed by atoms with Crippen LogP contribution in [0.15, 0.2) is 0 Å². The normalized spacial score (nSPS) is 43.0. The maximum Gasteiger partial charge on any atom is 0.286 e. The second kappa shape index (κ2) is 3.04. The highest BCUT2D eigenvalue weighted by Crippen LogP contribution is 2.57. The van der Waals surface area contributed by atoms with Gasteiger partial charge in [-0.25, -0.2) is 0 Å². The smallest absolute Gasteiger partial charge is 0.286 e. The van der Waals surface area contributed by atoms with Crippen LogP contribution >= 0.6 is 0 Å². The Labute approximate surface area is 80.4 Å². The first kappa shape index (κ1) is 9.11. The molecule has 2 aliphatic rings. The third-order valence-electron chi connectivity index (χ3n) is 3.52. The van der Waals surface area contributed by atoms with Crippen LogP contribution in [-0.4, -0.2) is 20.4 Å². The fraction of sp³-hybridized carbons (Fsp3) is 0.800. The largest absolute Gasteiger partial charge is 0.422 e. The Kier molecular flexibility index (Phi) is 2.13. The lowest BCUT2D eigenvalue weighted by Crippen LogP contribution is -2.42. The van der Waals surface area contributed by atoms with E-state index in [4.69, 9.17) is 23.9 Å². The van der Waals surface area contributed by atoms with Gasteiger partial charge in [-0.05, 0) is 19.3 Å². The van der Waals surface area contributed by atoms with Gasteiger partial charge in [0.15, 0.2) is 5.79 Å². The van der Waals surface area contributed by atoms with Crippen molar-refractivity contribution in [1.29, 1.82) is 0 Å². The van der Waals surface area contributed by atoms with Crippen molar-refractivity contribution in [2.24, 2.45) is 5.41 Å². The van der Waals surface area contributed by atoms with Crippen molar-refractivity contribution in [3.05, 3.63) is 0 Å². The zero-order valence-corrected chi connectivity index (χ0v) is 7.71. The van der Waals surface area contributed by atoms with Crippen molar-refractivity contribution >= 4 is 8.05 Å². The molecule has 2 nitrogen and oxygen atoms in total. The topological polar surface area (TPSA) is 18.5 Å². The quantitative estimate of drug-likeness (QED) is 0.467. The Morgan fingerprint density at radius 1 is 1.46 bits per heavy atom. The number of hydrogen-bond donors (Lipinski definition) is 0. The Balaban J connectivity index is 2.29. The third-order valence-corrected chi connectivity index (χ3v) is 3.52. The molecule has 0 aromatic rings. The van der Waals surface area contributed by atoms with Gasteiger partial charge in [-0.2, -0.15) is 0 Å². The monoisotopic (exact) mass is 176 g/mol. The van der Waals surface area contributed by atoms with E-state index in [0.717, 1.165) is 32.3 Å². The summed E-state index contributed by atoms with van der Waals surface area (Å²) in [5.41, 5.74) is -0.00347. The maximum atomic E-state index is 5.63. The van der Waals surface area contributed by atoms with E-state index < -0.39 is 5.79 Å². The molecule has 1 heterocycles. The summed E-state index contributed by atoms with van der Waals surface area (Å²) in [6.45, 7) is 0.721. The van der Waals surface area contributed by atoms with Crippen LogP contribution in [0.5, 0.6) is 0 Å². The van der Waals surface area contributed by atoms with Crippen LogP contribution in [0.3, 0.4) is 0 Å². The van der Waals surface area contributed by atoms with Crippen molar-refractivity contribution in [2.75, 3.05) is 6.61 Å². The summed E-state index contributed by atoms with van der Waals surface area (Å²) >= 11 is 0. The summed E-state index contributed by atoms with van der Waals surface area (Å²) < 4.78 is 10.7. The van der Waals surface area contributed by atoms with Crippen LogP contribution < -0.4 is 0 Å². The van der Waals surface area contributed by atoms with Gasteiger partial charge >= 0.3 is 0 Å². The van der Waals surface area contributed by atoms with Crippen molar-refractivity contribution in [2.45, 2.75) is 37.9 Å². The molecule has 0 spiro atoms. The summed E-state index contributed by atoms with van der Waals surface area (Å²) in [7, 11) is 5.33. The van der Waals surface area contributed by atoms with Crippen LogP contribution in [0.4, 0.5) is 0 Å². The minimum atomic E-state index is -0.570. The lowest BCUT2D eigenvalue weighted by molar-refractivity contribution is -0.188. The van der Waals surface area contributed by atoms with E-state index in [1.54, 1.807) is 0 Å². The number of ether oxygens (including phenoxy) is 1. The molecule has 2 fully saturated rings. The van der Waals surface area contributed by atoms with Crippen LogP contribution in [0.2, 0.25) is 0 Å². The van der Waals surface area contributed by atoms with Crippen LogP contribution in [0, 0.1) is 17.8 Å². The van der Waals surface area contributed by atoms with Crippen molar-refractivity contribution in [3.63, 3.8) is 0 Å². The molecule has 0 aromatic carbocycles. The molecule has 1 aliphatic carbocycles. The van der Waals surface area contributed by atoms with Crippen LogP contribution in [0.25, 0.3) is 0 Å². The lowest BCUT2D eigenvalue weighted by Gasteiger charge is -2.37. The molecule has 0 aromatic heterocycles. The summed E-state index contributed by atoms with van der Waals surface area (Å²) in [6, 6.07) is 0. The predicted octanol–water partition coefficient (Wildman–Crippen LogP) is 1.40. The summed E-state index contributed by atoms with van der Waals surface area (Å²) in [6.07, 6.45) is 10.1. The highest BCUT2D eigenvalue weighted by atomic mass is 16.7. The second-order valence-corrected chi connectivity index (χ2v) is 3.98. The number of terminal acetylenes is 1. The molecular formula is C10H13BO2. The molecule has 3 heteroatoms. The number of fused-ring (bicyclic) bond motifs is 1. The fourth-order valence-corrected chi connectivity index (χ4v) is 2.79. The Morgan fingerprint density at radius 2 is 2.31 bits per heavy atom. The van der Waals surface area contributed by atoms with Crippen molar-refractivity contribution in [1.82, 2.24) is 0 Å². The first-order valence-corrected chi connectivity index (χ1v) is 4.74. The van der Waals surface area contributed by atoms with Gasteiger partial charge in [-0.15, -0.1) is 12.3 Å². The zero-order chi connectivity index (χ0) is 9.36. The van der Waals surface area contributed by atoms with E-state index in [9.17, 15) is 0 Å². The molecule has 68 valence electrons. The molecule has 2 atom stereocenters. The van der Waals surface area contributed by atoms with E-state index in [0.29, 0.717) is 6.42 Å².